The van der Waals surface area contributed by atoms with Gasteiger partial charge in [-0.2, -0.15) is 0 Å². The highest BCUT2D eigenvalue weighted by Crippen LogP contribution is 2.20. The van der Waals surface area contributed by atoms with Crippen LogP contribution in [0.25, 0.3) is 0 Å². The van der Waals surface area contributed by atoms with Crippen LogP contribution in [0.5, 0.6) is 5.75 Å². The zero-order valence-electron chi connectivity index (χ0n) is 10.4. The molecule has 0 spiro atoms. The molecule has 100 valence electrons. The summed E-state index contributed by atoms with van der Waals surface area (Å²) in [6.07, 6.45) is 0.749. The van der Waals surface area contributed by atoms with Crippen LogP contribution in [0.2, 0.25) is 0 Å². The average molecular weight is 318 g/mol. The van der Waals surface area contributed by atoms with Crippen molar-refractivity contribution >= 4 is 21.8 Å². The molecule has 0 saturated carbocycles. The third-order valence-corrected chi connectivity index (χ3v) is 3.22. The van der Waals surface area contributed by atoms with Crippen molar-refractivity contribution in [1.29, 1.82) is 0 Å². The molecule has 1 atom stereocenters. The summed E-state index contributed by atoms with van der Waals surface area (Å²) in [6.45, 7) is 3.96. The van der Waals surface area contributed by atoms with E-state index in [1.807, 2.05) is 13.8 Å². The first-order chi connectivity index (χ1) is 8.47. The predicted octanol–water partition coefficient (Wildman–Crippen LogP) is 3.07. The molecule has 1 aromatic rings. The number of benzene rings is 1. The van der Waals surface area contributed by atoms with Crippen LogP contribution in [0, 0.1) is 11.7 Å². The molecule has 1 unspecified atom stereocenters. The standard InChI is InChI=1S/C13H17BrFNO2/c1-8(2)10(6-7-14)16-13(18)12-9(15)4-3-5-11(12)17/h3-5,8,10,17H,6-7H2,1-2H3,(H,16,18). The third kappa shape index (κ3) is 3.70. The number of aromatic hydroxyl groups is 1. The first kappa shape index (κ1) is 15.0. The quantitative estimate of drug-likeness (QED) is 0.820. The molecule has 18 heavy (non-hydrogen) atoms. The van der Waals surface area contributed by atoms with Crippen molar-refractivity contribution in [2.75, 3.05) is 5.33 Å². The molecule has 1 amide bonds. The number of phenols is 1. The maximum absolute atomic E-state index is 13.5. The van der Waals surface area contributed by atoms with Gasteiger partial charge >= 0.3 is 0 Å². The van der Waals surface area contributed by atoms with E-state index in [1.54, 1.807) is 0 Å². The van der Waals surface area contributed by atoms with E-state index in [1.165, 1.54) is 12.1 Å². The number of hydrogen-bond acceptors (Lipinski definition) is 2. The third-order valence-electron chi connectivity index (χ3n) is 2.76. The number of nitrogens with one attached hydrogen (secondary N) is 1. The number of alkyl halides is 1. The Morgan fingerprint density at radius 1 is 1.50 bits per heavy atom. The summed E-state index contributed by atoms with van der Waals surface area (Å²) in [4.78, 5) is 11.9. The van der Waals surface area contributed by atoms with Gasteiger partial charge in [-0.1, -0.05) is 35.8 Å². The number of amides is 1. The van der Waals surface area contributed by atoms with E-state index in [0.29, 0.717) is 0 Å². The molecule has 0 saturated heterocycles. The largest absolute Gasteiger partial charge is 0.507 e. The number of hydrogen-bond donors (Lipinski definition) is 2. The molecule has 2 N–H and O–H groups in total. The molecule has 0 bridgehead atoms. The van der Waals surface area contributed by atoms with Crippen molar-refractivity contribution in [2.45, 2.75) is 26.3 Å². The number of rotatable bonds is 5. The van der Waals surface area contributed by atoms with Crippen LogP contribution in [0.15, 0.2) is 18.2 Å². The lowest BCUT2D eigenvalue weighted by atomic mass is 10.0. The second-order valence-corrected chi connectivity index (χ2v) is 5.23. The average Bonchev–Trinajstić information content (AvgIpc) is 2.28. The van der Waals surface area contributed by atoms with E-state index in [2.05, 4.69) is 21.2 Å². The molecule has 1 aromatic carbocycles. The van der Waals surface area contributed by atoms with E-state index >= 15 is 0 Å². The van der Waals surface area contributed by atoms with E-state index in [9.17, 15) is 14.3 Å². The van der Waals surface area contributed by atoms with Crippen molar-refractivity contribution in [3.63, 3.8) is 0 Å². The van der Waals surface area contributed by atoms with E-state index in [4.69, 9.17) is 0 Å². The van der Waals surface area contributed by atoms with Gasteiger partial charge in [-0.25, -0.2) is 4.39 Å². The second-order valence-electron chi connectivity index (χ2n) is 4.44. The Kier molecular flexibility index (Phi) is 5.59. The van der Waals surface area contributed by atoms with Crippen LogP contribution in [-0.4, -0.2) is 22.4 Å². The highest BCUT2D eigenvalue weighted by Gasteiger charge is 2.21. The van der Waals surface area contributed by atoms with Gasteiger partial charge in [0, 0.05) is 11.4 Å². The van der Waals surface area contributed by atoms with Crippen molar-refractivity contribution in [3.8, 4) is 5.75 Å². The molecule has 0 heterocycles. The maximum Gasteiger partial charge on any atom is 0.258 e. The minimum Gasteiger partial charge on any atom is -0.507 e. The fraction of sp³-hybridized carbons (Fsp3) is 0.462. The monoisotopic (exact) mass is 317 g/mol. The predicted molar refractivity (Wildman–Crippen MR) is 72.6 cm³/mol. The van der Waals surface area contributed by atoms with Crippen molar-refractivity contribution in [2.24, 2.45) is 5.92 Å². The SMILES string of the molecule is CC(C)C(CCBr)NC(=O)c1c(O)cccc1F. The summed E-state index contributed by atoms with van der Waals surface area (Å²) in [7, 11) is 0. The number of halogens is 2. The highest BCUT2D eigenvalue weighted by atomic mass is 79.9. The van der Waals surface area contributed by atoms with Gasteiger partial charge in [0.05, 0.1) is 0 Å². The second kappa shape index (κ2) is 6.73. The molecule has 0 aliphatic carbocycles. The lowest BCUT2D eigenvalue weighted by Crippen LogP contribution is -2.39. The zero-order chi connectivity index (χ0) is 13.7. The number of carbonyl (C=O) groups excluding carboxylic acids is 1. The summed E-state index contributed by atoms with van der Waals surface area (Å²) in [5.41, 5.74) is -0.294. The van der Waals surface area contributed by atoms with E-state index < -0.39 is 11.7 Å². The van der Waals surface area contributed by atoms with Crippen molar-refractivity contribution in [3.05, 3.63) is 29.6 Å². The van der Waals surface area contributed by atoms with Gasteiger partial charge in [0.25, 0.3) is 5.91 Å². The van der Waals surface area contributed by atoms with Gasteiger partial charge in [0.2, 0.25) is 0 Å². The Bertz CT molecular complexity index is 403. The molecule has 0 aliphatic rings. The Morgan fingerprint density at radius 3 is 2.67 bits per heavy atom. The van der Waals surface area contributed by atoms with Crippen LogP contribution >= 0.6 is 15.9 Å². The van der Waals surface area contributed by atoms with Gasteiger partial charge in [-0.15, -0.1) is 0 Å². The van der Waals surface area contributed by atoms with Gasteiger partial charge in [-0.05, 0) is 24.5 Å². The summed E-state index contributed by atoms with van der Waals surface area (Å²) < 4.78 is 13.5. The topological polar surface area (TPSA) is 49.3 Å². The highest BCUT2D eigenvalue weighted by molar-refractivity contribution is 9.09. The minimum absolute atomic E-state index is 0.0594. The fourth-order valence-corrected chi connectivity index (χ4v) is 2.16. The lowest BCUT2D eigenvalue weighted by Gasteiger charge is -2.21. The van der Waals surface area contributed by atoms with Gasteiger partial charge in [0.15, 0.2) is 0 Å². The minimum atomic E-state index is -0.714. The van der Waals surface area contributed by atoms with Gasteiger partial charge < -0.3 is 10.4 Å². The first-order valence-electron chi connectivity index (χ1n) is 5.81. The normalized spacial score (nSPS) is 12.5. The van der Waals surface area contributed by atoms with Crippen molar-refractivity contribution < 1.29 is 14.3 Å². The zero-order valence-corrected chi connectivity index (χ0v) is 12.0. The Balaban J connectivity index is 2.87. The number of phenolic OH excluding ortho intramolecular Hbond substituents is 1. The molecule has 1 rings (SSSR count). The Morgan fingerprint density at radius 2 is 2.17 bits per heavy atom. The molecular formula is C13H17BrFNO2. The summed E-state index contributed by atoms with van der Waals surface area (Å²) in [6, 6.07) is 3.76. The smallest absolute Gasteiger partial charge is 0.258 e. The summed E-state index contributed by atoms with van der Waals surface area (Å²) in [5.74, 6) is -1.40. The van der Waals surface area contributed by atoms with Crippen LogP contribution in [0.4, 0.5) is 4.39 Å². The van der Waals surface area contributed by atoms with Crippen molar-refractivity contribution in [1.82, 2.24) is 5.32 Å². The molecule has 5 heteroatoms. The molecule has 0 fully saturated rings. The first-order valence-corrected chi connectivity index (χ1v) is 6.93. The Hall–Kier alpha value is -1.10. The summed E-state index contributed by atoms with van der Waals surface area (Å²) >= 11 is 3.32. The van der Waals surface area contributed by atoms with Gasteiger partial charge in [-0.3, -0.25) is 4.79 Å². The molecule has 3 nitrogen and oxygen atoms in total. The molecule has 0 aliphatic heterocycles. The molecule has 0 radical (unpaired) electrons. The maximum atomic E-state index is 13.5. The lowest BCUT2D eigenvalue weighted by molar-refractivity contribution is 0.0918. The number of carbonyl (C=O) groups is 1. The van der Waals surface area contributed by atoms with Gasteiger partial charge in [0.1, 0.15) is 17.1 Å². The van der Waals surface area contributed by atoms with Crippen LogP contribution in [0.1, 0.15) is 30.6 Å². The van der Waals surface area contributed by atoms with Crippen LogP contribution in [0.3, 0.4) is 0 Å². The molecular weight excluding hydrogens is 301 g/mol. The summed E-state index contributed by atoms with van der Waals surface area (Å²) in [5, 5.41) is 13.0. The Labute approximate surface area is 115 Å². The molecule has 0 aromatic heterocycles. The van der Waals surface area contributed by atoms with E-state index in [0.717, 1.165) is 17.8 Å². The van der Waals surface area contributed by atoms with Crippen LogP contribution < -0.4 is 5.32 Å². The van der Waals surface area contributed by atoms with E-state index in [-0.39, 0.29) is 23.3 Å². The van der Waals surface area contributed by atoms with Crippen LogP contribution in [-0.2, 0) is 0 Å². The fourth-order valence-electron chi connectivity index (χ4n) is 1.67.